The number of aromatic nitrogens is 3. The Bertz CT molecular complexity index is 3420. The van der Waals surface area contributed by atoms with Gasteiger partial charge in [0.15, 0.2) is 0 Å². The monoisotopic (exact) mass is 699 g/mol. The lowest BCUT2D eigenvalue weighted by Gasteiger charge is -2.16. The van der Waals surface area contributed by atoms with Gasteiger partial charge in [-0.3, -0.25) is 0 Å². The molecule has 0 aliphatic rings. The Balaban J connectivity index is 1.14. The molecule has 8 aromatic carbocycles. The highest BCUT2D eigenvalue weighted by Crippen LogP contribution is 2.41. The molecule has 0 aliphatic carbocycles. The minimum absolute atomic E-state index is 0.556. The van der Waals surface area contributed by atoms with Crippen molar-refractivity contribution in [3.05, 3.63) is 187 Å². The zero-order chi connectivity index (χ0) is 36.6. The summed E-state index contributed by atoms with van der Waals surface area (Å²) in [5.41, 5.74) is 12.6. The van der Waals surface area contributed by atoms with Crippen LogP contribution in [0.5, 0.6) is 0 Å². The molecule has 3 heterocycles. The Morgan fingerprint density at radius 3 is 1.56 bits per heavy atom. The number of nitrogens with zero attached hydrogens (tertiary/aromatic N) is 5. The predicted octanol–water partition coefficient (Wildman–Crippen LogP) is 12.4. The van der Waals surface area contributed by atoms with Crippen LogP contribution in [0.4, 0.5) is 0 Å². The number of hydrogen-bond donors (Lipinski definition) is 0. The number of fused-ring (bicyclic) bond motifs is 9. The summed E-state index contributed by atoms with van der Waals surface area (Å²) in [5.74, 6) is 0. The summed E-state index contributed by atoms with van der Waals surface area (Å²) >= 11 is 0. The maximum Gasteiger partial charge on any atom is 0.101 e. The van der Waals surface area contributed by atoms with Crippen molar-refractivity contribution in [3.8, 4) is 40.3 Å². The van der Waals surface area contributed by atoms with Crippen molar-refractivity contribution in [2.75, 3.05) is 0 Å². The molecule has 0 bridgehead atoms. The van der Waals surface area contributed by atoms with Crippen LogP contribution >= 0.6 is 0 Å². The number of nitriles is 2. The maximum absolute atomic E-state index is 10.5. The largest absolute Gasteiger partial charge is 0.309 e. The summed E-state index contributed by atoms with van der Waals surface area (Å²) in [6, 6.07) is 66.0. The summed E-state index contributed by atoms with van der Waals surface area (Å²) < 4.78 is 6.87. The van der Waals surface area contributed by atoms with Crippen LogP contribution in [0.3, 0.4) is 0 Å². The third-order valence-corrected chi connectivity index (χ3v) is 11.1. The van der Waals surface area contributed by atoms with Crippen molar-refractivity contribution in [2.45, 2.75) is 0 Å². The third-order valence-electron chi connectivity index (χ3n) is 11.1. The van der Waals surface area contributed by atoms with Gasteiger partial charge in [-0.1, -0.05) is 103 Å². The molecule has 55 heavy (non-hydrogen) atoms. The second kappa shape index (κ2) is 11.8. The van der Waals surface area contributed by atoms with Crippen molar-refractivity contribution in [1.82, 2.24) is 13.7 Å². The first-order valence-electron chi connectivity index (χ1n) is 18.3. The number of para-hydroxylation sites is 5. The van der Waals surface area contributed by atoms with Gasteiger partial charge in [-0.2, -0.15) is 10.5 Å². The van der Waals surface area contributed by atoms with Crippen molar-refractivity contribution >= 4 is 65.4 Å². The second-order valence-electron chi connectivity index (χ2n) is 13.9. The molecule has 11 rings (SSSR count). The van der Waals surface area contributed by atoms with Gasteiger partial charge in [-0.05, 0) is 78.4 Å². The van der Waals surface area contributed by atoms with Crippen molar-refractivity contribution < 1.29 is 0 Å². The minimum atomic E-state index is 0.556. The molecule has 0 saturated carbocycles. The molecule has 0 fully saturated rings. The van der Waals surface area contributed by atoms with E-state index >= 15 is 0 Å². The summed E-state index contributed by atoms with van der Waals surface area (Å²) in [5, 5.41) is 27.2. The maximum atomic E-state index is 10.5. The molecule has 5 heteroatoms. The summed E-state index contributed by atoms with van der Waals surface area (Å²) in [7, 11) is 0. The van der Waals surface area contributed by atoms with E-state index in [0.29, 0.717) is 11.1 Å². The molecule has 0 N–H and O–H groups in total. The van der Waals surface area contributed by atoms with E-state index in [1.807, 2.05) is 42.5 Å². The quantitative estimate of drug-likeness (QED) is 0.184. The van der Waals surface area contributed by atoms with Crippen molar-refractivity contribution in [1.29, 1.82) is 10.5 Å². The van der Waals surface area contributed by atoms with Gasteiger partial charge in [0.1, 0.15) is 6.07 Å². The molecule has 0 amide bonds. The molecular weight excluding hydrogens is 671 g/mol. The lowest BCUT2D eigenvalue weighted by molar-refractivity contribution is 1.16. The molecule has 3 aromatic heterocycles. The normalized spacial score (nSPS) is 11.6. The summed E-state index contributed by atoms with van der Waals surface area (Å²) in [6.07, 6.45) is 0. The predicted molar refractivity (Wildman–Crippen MR) is 224 cm³/mol. The Hall–Kier alpha value is -7.86. The van der Waals surface area contributed by atoms with E-state index in [0.717, 1.165) is 61.0 Å². The fourth-order valence-electron chi connectivity index (χ4n) is 8.82. The van der Waals surface area contributed by atoms with Gasteiger partial charge in [0.2, 0.25) is 0 Å². The van der Waals surface area contributed by atoms with Gasteiger partial charge < -0.3 is 13.7 Å². The number of benzene rings is 8. The highest BCUT2D eigenvalue weighted by atomic mass is 15.0. The highest BCUT2D eigenvalue weighted by Gasteiger charge is 2.21. The topological polar surface area (TPSA) is 62.4 Å². The molecule has 0 unspecified atom stereocenters. The Kier molecular flexibility index (Phi) is 6.61. The van der Waals surface area contributed by atoms with Gasteiger partial charge in [-0.25, -0.2) is 0 Å². The zero-order valence-corrected chi connectivity index (χ0v) is 29.5. The molecule has 0 radical (unpaired) electrons. The number of hydrogen-bond acceptors (Lipinski definition) is 2. The third kappa shape index (κ3) is 4.39. The van der Waals surface area contributed by atoms with Crippen molar-refractivity contribution in [3.63, 3.8) is 0 Å². The fraction of sp³-hybridized carbons (Fsp3) is 0. The molecule has 11 aromatic rings. The lowest BCUT2D eigenvalue weighted by atomic mass is 10.00. The van der Waals surface area contributed by atoms with Crippen LogP contribution in [-0.4, -0.2) is 13.7 Å². The summed E-state index contributed by atoms with van der Waals surface area (Å²) in [4.78, 5) is 0. The number of rotatable bonds is 4. The molecule has 5 nitrogen and oxygen atoms in total. The average molecular weight is 700 g/mol. The van der Waals surface area contributed by atoms with E-state index in [1.54, 1.807) is 0 Å². The minimum Gasteiger partial charge on any atom is -0.309 e. The van der Waals surface area contributed by atoms with Gasteiger partial charge >= 0.3 is 0 Å². The zero-order valence-electron chi connectivity index (χ0n) is 29.5. The van der Waals surface area contributed by atoms with Gasteiger partial charge in [-0.15, -0.1) is 0 Å². The van der Waals surface area contributed by atoms with Crippen molar-refractivity contribution in [2.24, 2.45) is 0 Å². The molecule has 0 atom stereocenters. The molecule has 0 saturated heterocycles. The van der Waals surface area contributed by atoms with E-state index < -0.39 is 0 Å². The van der Waals surface area contributed by atoms with Crippen LogP contribution in [0.1, 0.15) is 11.1 Å². The van der Waals surface area contributed by atoms with Crippen LogP contribution in [0.2, 0.25) is 0 Å². The van der Waals surface area contributed by atoms with Gasteiger partial charge in [0.05, 0.1) is 61.7 Å². The smallest absolute Gasteiger partial charge is 0.101 e. The van der Waals surface area contributed by atoms with Crippen LogP contribution in [-0.2, 0) is 0 Å². The second-order valence-corrected chi connectivity index (χ2v) is 13.9. The van der Waals surface area contributed by atoms with E-state index in [2.05, 4.69) is 159 Å². The molecule has 0 spiro atoms. The first kappa shape index (κ1) is 30.7. The first-order chi connectivity index (χ1) is 27.2. The molecular formula is C50H29N5. The van der Waals surface area contributed by atoms with Crippen LogP contribution in [0, 0.1) is 22.7 Å². The first-order valence-corrected chi connectivity index (χ1v) is 18.3. The van der Waals surface area contributed by atoms with E-state index in [1.165, 1.54) is 32.6 Å². The lowest BCUT2D eigenvalue weighted by Crippen LogP contribution is -2.00. The SMILES string of the molecule is N#Cc1ccc(-c2ccccc2-n2c3ccccc3c3cc(-n4c5ccccc5c5ccccc54)ccc32)cc1-n1c2ccccc2c2c(C#N)cccc21. The van der Waals surface area contributed by atoms with Gasteiger partial charge in [0.25, 0.3) is 0 Å². The molecule has 0 aliphatic heterocycles. The van der Waals surface area contributed by atoms with E-state index in [9.17, 15) is 10.5 Å². The molecule has 254 valence electrons. The van der Waals surface area contributed by atoms with E-state index in [-0.39, 0.29) is 0 Å². The summed E-state index contributed by atoms with van der Waals surface area (Å²) in [6.45, 7) is 0. The Morgan fingerprint density at radius 2 is 0.873 bits per heavy atom. The van der Waals surface area contributed by atoms with Crippen LogP contribution in [0.25, 0.3) is 93.6 Å². The van der Waals surface area contributed by atoms with Crippen LogP contribution < -0.4 is 0 Å². The van der Waals surface area contributed by atoms with Gasteiger partial charge in [0, 0.05) is 43.6 Å². The average Bonchev–Trinajstić information content (AvgIpc) is 3.89. The van der Waals surface area contributed by atoms with E-state index in [4.69, 9.17) is 0 Å². The van der Waals surface area contributed by atoms with Crippen LogP contribution in [0.15, 0.2) is 176 Å². The Labute approximate surface area is 316 Å². The standard InChI is InChI=1S/C50H29N5/c51-30-33-25-24-32(28-49(33)55-46-22-10-5-17-40(46)50-34(31-52)12-11-23-48(50)55)36-13-1-6-18-42(36)54-45-21-9-4-16-39(45)41-29-35(26-27-47(41)54)53-43-19-7-2-14-37(43)38-15-3-8-20-44(38)53/h1-29H. The Morgan fingerprint density at radius 1 is 0.345 bits per heavy atom. The highest BCUT2D eigenvalue weighted by molar-refractivity contribution is 6.14. The fourth-order valence-corrected chi connectivity index (χ4v) is 8.82.